The standard InChI is InChI=1S/C15H23N5/c1-19-11-4-5-14(19)12-8-17-15(18-13(12)7-11)20-6-2-3-10(16)9-20/h8,10-11,14H,2-7,9,16H2,1H3. The molecule has 2 fully saturated rings. The second-order valence-electron chi connectivity index (χ2n) is 6.54. The van der Waals surface area contributed by atoms with Crippen molar-refractivity contribution in [2.24, 2.45) is 5.73 Å². The Morgan fingerprint density at radius 3 is 3.05 bits per heavy atom. The van der Waals surface area contributed by atoms with Crippen molar-refractivity contribution in [3.05, 3.63) is 17.5 Å². The first-order chi connectivity index (χ1) is 9.72. The molecule has 3 aliphatic heterocycles. The molecule has 2 bridgehead atoms. The Kier molecular flexibility index (Phi) is 2.93. The number of hydrogen-bond donors (Lipinski definition) is 1. The third kappa shape index (κ3) is 1.91. The van der Waals surface area contributed by atoms with Gasteiger partial charge in [-0.1, -0.05) is 0 Å². The average Bonchev–Trinajstić information content (AvgIpc) is 2.71. The Labute approximate surface area is 120 Å². The summed E-state index contributed by atoms with van der Waals surface area (Å²) in [6.07, 6.45) is 7.97. The third-order valence-corrected chi connectivity index (χ3v) is 5.26. The van der Waals surface area contributed by atoms with Crippen LogP contribution in [0.15, 0.2) is 6.20 Å². The van der Waals surface area contributed by atoms with E-state index in [0.29, 0.717) is 12.1 Å². The van der Waals surface area contributed by atoms with Crippen molar-refractivity contribution in [2.75, 3.05) is 25.0 Å². The zero-order valence-electron chi connectivity index (χ0n) is 12.1. The highest BCUT2D eigenvalue weighted by molar-refractivity contribution is 5.37. The molecule has 0 amide bonds. The van der Waals surface area contributed by atoms with Gasteiger partial charge < -0.3 is 10.6 Å². The summed E-state index contributed by atoms with van der Waals surface area (Å²) in [5.41, 5.74) is 8.70. The van der Waals surface area contributed by atoms with Gasteiger partial charge in [0, 0.05) is 49.4 Å². The van der Waals surface area contributed by atoms with E-state index in [4.69, 9.17) is 10.7 Å². The SMILES string of the molecule is CN1C2CCC1c1cnc(N3CCCC(N)C3)nc1C2. The minimum absolute atomic E-state index is 0.269. The molecule has 4 heterocycles. The highest BCUT2D eigenvalue weighted by atomic mass is 15.3. The van der Waals surface area contributed by atoms with Gasteiger partial charge in [-0.25, -0.2) is 9.97 Å². The minimum Gasteiger partial charge on any atom is -0.339 e. The number of nitrogens with zero attached hydrogens (tertiary/aromatic N) is 4. The van der Waals surface area contributed by atoms with E-state index in [1.165, 1.54) is 24.1 Å². The van der Waals surface area contributed by atoms with E-state index in [-0.39, 0.29) is 6.04 Å². The Morgan fingerprint density at radius 2 is 2.20 bits per heavy atom. The zero-order chi connectivity index (χ0) is 13.7. The van der Waals surface area contributed by atoms with Gasteiger partial charge in [-0.3, -0.25) is 4.90 Å². The van der Waals surface area contributed by atoms with Crippen LogP contribution in [-0.4, -0.2) is 47.1 Å². The summed E-state index contributed by atoms with van der Waals surface area (Å²) in [6, 6.07) is 1.49. The number of rotatable bonds is 1. The highest BCUT2D eigenvalue weighted by Crippen LogP contribution is 2.41. The lowest BCUT2D eigenvalue weighted by Crippen LogP contribution is -2.44. The van der Waals surface area contributed by atoms with Crippen LogP contribution >= 0.6 is 0 Å². The molecule has 20 heavy (non-hydrogen) atoms. The van der Waals surface area contributed by atoms with E-state index in [2.05, 4.69) is 28.0 Å². The predicted octanol–water partition coefficient (Wildman–Crippen LogP) is 1.10. The van der Waals surface area contributed by atoms with Gasteiger partial charge in [-0.2, -0.15) is 0 Å². The molecule has 0 radical (unpaired) electrons. The summed E-state index contributed by atoms with van der Waals surface area (Å²) in [7, 11) is 2.24. The molecule has 0 saturated carbocycles. The van der Waals surface area contributed by atoms with Gasteiger partial charge in [0.1, 0.15) is 0 Å². The van der Waals surface area contributed by atoms with Gasteiger partial charge in [0.2, 0.25) is 5.95 Å². The summed E-state index contributed by atoms with van der Waals surface area (Å²) < 4.78 is 0. The Bertz CT molecular complexity index is 517. The fourth-order valence-electron chi connectivity index (χ4n) is 4.06. The number of anilines is 1. The summed E-state index contributed by atoms with van der Waals surface area (Å²) in [5, 5.41) is 0. The van der Waals surface area contributed by atoms with E-state index < -0.39 is 0 Å². The first kappa shape index (κ1) is 12.5. The summed E-state index contributed by atoms with van der Waals surface area (Å²) in [5.74, 6) is 0.892. The molecule has 3 atom stereocenters. The average molecular weight is 273 g/mol. The van der Waals surface area contributed by atoms with E-state index in [1.54, 1.807) is 0 Å². The number of fused-ring (bicyclic) bond motifs is 4. The van der Waals surface area contributed by atoms with Gasteiger partial charge in [-0.05, 0) is 32.7 Å². The molecule has 4 rings (SSSR count). The van der Waals surface area contributed by atoms with Gasteiger partial charge in [0.25, 0.3) is 0 Å². The molecule has 2 N–H and O–H groups in total. The molecular weight excluding hydrogens is 250 g/mol. The van der Waals surface area contributed by atoms with Gasteiger partial charge >= 0.3 is 0 Å². The second kappa shape index (κ2) is 4.67. The van der Waals surface area contributed by atoms with Crippen molar-refractivity contribution < 1.29 is 0 Å². The molecule has 0 spiro atoms. The molecule has 3 aliphatic rings. The van der Waals surface area contributed by atoms with Crippen LogP contribution in [0.2, 0.25) is 0 Å². The molecule has 0 aliphatic carbocycles. The van der Waals surface area contributed by atoms with Crippen LogP contribution < -0.4 is 10.6 Å². The number of piperidine rings is 1. The van der Waals surface area contributed by atoms with Crippen LogP contribution in [0.25, 0.3) is 0 Å². The topological polar surface area (TPSA) is 58.3 Å². The van der Waals surface area contributed by atoms with Crippen LogP contribution in [0.3, 0.4) is 0 Å². The highest BCUT2D eigenvalue weighted by Gasteiger charge is 2.38. The summed E-state index contributed by atoms with van der Waals surface area (Å²) in [4.78, 5) is 14.3. The fraction of sp³-hybridized carbons (Fsp3) is 0.733. The fourth-order valence-corrected chi connectivity index (χ4v) is 4.06. The smallest absolute Gasteiger partial charge is 0.225 e. The van der Waals surface area contributed by atoms with Gasteiger partial charge in [0.15, 0.2) is 0 Å². The molecule has 5 heteroatoms. The molecule has 1 aromatic rings. The Hall–Kier alpha value is -1.20. The van der Waals surface area contributed by atoms with Crippen molar-refractivity contribution in [1.29, 1.82) is 0 Å². The molecule has 1 aromatic heterocycles. The molecule has 0 aromatic carbocycles. The monoisotopic (exact) mass is 273 g/mol. The molecular formula is C15H23N5. The molecule has 3 unspecified atom stereocenters. The first-order valence-electron chi connectivity index (χ1n) is 7.80. The van der Waals surface area contributed by atoms with E-state index in [9.17, 15) is 0 Å². The van der Waals surface area contributed by atoms with Gasteiger partial charge in [-0.15, -0.1) is 0 Å². The second-order valence-corrected chi connectivity index (χ2v) is 6.54. The van der Waals surface area contributed by atoms with Crippen LogP contribution in [-0.2, 0) is 6.42 Å². The van der Waals surface area contributed by atoms with Crippen molar-refractivity contribution in [3.8, 4) is 0 Å². The number of aromatic nitrogens is 2. The zero-order valence-corrected chi connectivity index (χ0v) is 12.1. The van der Waals surface area contributed by atoms with Crippen LogP contribution in [0.5, 0.6) is 0 Å². The van der Waals surface area contributed by atoms with Crippen LogP contribution in [0.4, 0.5) is 5.95 Å². The van der Waals surface area contributed by atoms with Crippen LogP contribution in [0, 0.1) is 0 Å². The summed E-state index contributed by atoms with van der Waals surface area (Å²) in [6.45, 7) is 1.94. The van der Waals surface area contributed by atoms with Crippen molar-refractivity contribution in [3.63, 3.8) is 0 Å². The maximum Gasteiger partial charge on any atom is 0.225 e. The van der Waals surface area contributed by atoms with E-state index in [0.717, 1.165) is 38.3 Å². The lowest BCUT2D eigenvalue weighted by Gasteiger charge is -2.34. The van der Waals surface area contributed by atoms with Crippen molar-refractivity contribution in [2.45, 2.75) is 50.2 Å². The normalized spacial score (nSPS) is 33.3. The number of hydrogen-bond acceptors (Lipinski definition) is 5. The number of likely N-dealkylation sites (N-methyl/N-ethyl adjacent to an activating group) is 1. The van der Waals surface area contributed by atoms with E-state index in [1.807, 2.05) is 0 Å². The lowest BCUT2D eigenvalue weighted by atomic mass is 10.0. The third-order valence-electron chi connectivity index (χ3n) is 5.26. The number of nitrogens with two attached hydrogens (primary N) is 1. The first-order valence-corrected chi connectivity index (χ1v) is 7.80. The quantitative estimate of drug-likeness (QED) is 0.830. The van der Waals surface area contributed by atoms with Gasteiger partial charge in [0.05, 0.1) is 5.69 Å². The molecule has 5 nitrogen and oxygen atoms in total. The van der Waals surface area contributed by atoms with Crippen LogP contribution in [0.1, 0.15) is 43.0 Å². The molecule has 2 saturated heterocycles. The lowest BCUT2D eigenvalue weighted by molar-refractivity contribution is 0.221. The Balaban J connectivity index is 1.64. The van der Waals surface area contributed by atoms with Crippen molar-refractivity contribution >= 4 is 5.95 Å². The largest absolute Gasteiger partial charge is 0.339 e. The van der Waals surface area contributed by atoms with Crippen molar-refractivity contribution in [1.82, 2.24) is 14.9 Å². The Morgan fingerprint density at radius 1 is 1.30 bits per heavy atom. The molecule has 108 valence electrons. The summed E-state index contributed by atoms with van der Waals surface area (Å²) >= 11 is 0. The maximum atomic E-state index is 6.07. The minimum atomic E-state index is 0.269. The van der Waals surface area contributed by atoms with E-state index >= 15 is 0 Å². The predicted molar refractivity (Wildman–Crippen MR) is 78.7 cm³/mol. The maximum absolute atomic E-state index is 6.07.